The highest BCUT2D eigenvalue weighted by Gasteiger charge is 2.22. The van der Waals surface area contributed by atoms with Crippen molar-refractivity contribution in [1.29, 1.82) is 0 Å². The Morgan fingerprint density at radius 2 is 2.20 bits per heavy atom. The van der Waals surface area contributed by atoms with E-state index in [-0.39, 0.29) is 12.2 Å². The Kier molecular flexibility index (Phi) is 3.38. The molecule has 2 rings (SSSR count). The molecule has 0 saturated carbocycles. The highest BCUT2D eigenvalue weighted by Crippen LogP contribution is 2.22. The maximum atomic E-state index is 10.7. The van der Waals surface area contributed by atoms with Crippen molar-refractivity contribution >= 4 is 29.5 Å². The van der Waals surface area contributed by atoms with E-state index in [1.54, 1.807) is 11.8 Å². The fraction of sp³-hybridized carbons (Fsp3) is 0.300. The standard InChI is InChI=1S/C10H10ClNO2S/c11-7-1-3-9(4-2-7)15-6-8-5-12-10(13)14-8/h1-4,8H,5-6H2,(H,12,13). The maximum Gasteiger partial charge on any atom is 0.407 e. The third-order valence-electron chi connectivity index (χ3n) is 2.00. The van der Waals surface area contributed by atoms with Crippen LogP contribution in [0, 0.1) is 0 Å². The van der Waals surface area contributed by atoms with Gasteiger partial charge in [0.1, 0.15) is 6.10 Å². The van der Waals surface area contributed by atoms with Gasteiger partial charge in [0.05, 0.1) is 6.54 Å². The summed E-state index contributed by atoms with van der Waals surface area (Å²) in [6.45, 7) is 0.597. The zero-order valence-electron chi connectivity index (χ0n) is 7.90. The lowest BCUT2D eigenvalue weighted by Crippen LogP contribution is -2.16. The number of ether oxygens (including phenoxy) is 1. The Labute approximate surface area is 97.1 Å². The molecule has 1 aliphatic rings. The first-order chi connectivity index (χ1) is 7.24. The second-order valence-electron chi connectivity index (χ2n) is 3.17. The van der Waals surface area contributed by atoms with Crippen LogP contribution in [0.15, 0.2) is 29.2 Å². The van der Waals surface area contributed by atoms with Crippen molar-refractivity contribution in [2.45, 2.75) is 11.0 Å². The van der Waals surface area contributed by atoms with E-state index < -0.39 is 0 Å². The lowest BCUT2D eigenvalue weighted by Gasteiger charge is -2.06. The summed E-state index contributed by atoms with van der Waals surface area (Å²) in [5.74, 6) is 0.764. The van der Waals surface area contributed by atoms with Gasteiger partial charge < -0.3 is 10.1 Å². The first-order valence-corrected chi connectivity index (χ1v) is 5.93. The number of carbonyl (C=O) groups excluding carboxylic acids is 1. The number of cyclic esters (lactones) is 1. The molecule has 1 heterocycles. The topological polar surface area (TPSA) is 38.3 Å². The number of rotatable bonds is 3. The van der Waals surface area contributed by atoms with Crippen LogP contribution in [-0.2, 0) is 4.74 Å². The van der Waals surface area contributed by atoms with Gasteiger partial charge in [0.25, 0.3) is 0 Å². The molecule has 1 unspecified atom stereocenters. The number of alkyl carbamates (subject to hydrolysis) is 1. The zero-order chi connectivity index (χ0) is 10.7. The number of benzene rings is 1. The molecular weight excluding hydrogens is 234 g/mol. The van der Waals surface area contributed by atoms with Crippen molar-refractivity contribution in [3.63, 3.8) is 0 Å². The molecular formula is C10H10ClNO2S. The average Bonchev–Trinajstić information content (AvgIpc) is 2.64. The summed E-state index contributed by atoms with van der Waals surface area (Å²) in [5, 5.41) is 3.35. The maximum absolute atomic E-state index is 10.7. The molecule has 1 saturated heterocycles. The molecule has 1 amide bonds. The van der Waals surface area contributed by atoms with Gasteiger partial charge in [-0.05, 0) is 24.3 Å². The first-order valence-electron chi connectivity index (χ1n) is 4.57. The summed E-state index contributed by atoms with van der Waals surface area (Å²) in [5.41, 5.74) is 0. The van der Waals surface area contributed by atoms with E-state index in [4.69, 9.17) is 16.3 Å². The van der Waals surface area contributed by atoms with E-state index in [2.05, 4.69) is 5.32 Å². The number of nitrogens with one attached hydrogen (secondary N) is 1. The van der Waals surface area contributed by atoms with Crippen molar-refractivity contribution in [2.75, 3.05) is 12.3 Å². The van der Waals surface area contributed by atoms with Crippen LogP contribution in [-0.4, -0.2) is 24.5 Å². The van der Waals surface area contributed by atoms with Gasteiger partial charge in [-0.3, -0.25) is 0 Å². The summed E-state index contributed by atoms with van der Waals surface area (Å²) >= 11 is 7.42. The van der Waals surface area contributed by atoms with E-state index in [0.29, 0.717) is 6.54 Å². The summed E-state index contributed by atoms with van der Waals surface area (Å²) in [6.07, 6.45) is -0.352. The van der Waals surface area contributed by atoms with Gasteiger partial charge in [0.15, 0.2) is 0 Å². The minimum absolute atomic E-state index is 0.0295. The Bertz CT molecular complexity index is 355. The zero-order valence-corrected chi connectivity index (χ0v) is 9.48. The number of amides is 1. The third kappa shape index (κ3) is 3.04. The van der Waals surface area contributed by atoms with Gasteiger partial charge >= 0.3 is 6.09 Å². The van der Waals surface area contributed by atoms with Crippen LogP contribution in [0.3, 0.4) is 0 Å². The monoisotopic (exact) mass is 243 g/mol. The Morgan fingerprint density at radius 1 is 1.47 bits per heavy atom. The Balaban J connectivity index is 1.83. The SMILES string of the molecule is O=C1NCC(CSc2ccc(Cl)cc2)O1. The molecule has 15 heavy (non-hydrogen) atoms. The van der Waals surface area contributed by atoms with Crippen LogP contribution in [0.5, 0.6) is 0 Å². The quantitative estimate of drug-likeness (QED) is 0.830. The van der Waals surface area contributed by atoms with E-state index in [1.165, 1.54) is 0 Å². The molecule has 3 nitrogen and oxygen atoms in total. The fourth-order valence-corrected chi connectivity index (χ4v) is 2.26. The lowest BCUT2D eigenvalue weighted by molar-refractivity contribution is 0.150. The highest BCUT2D eigenvalue weighted by atomic mass is 35.5. The third-order valence-corrected chi connectivity index (χ3v) is 3.39. The molecule has 1 aromatic carbocycles. The minimum Gasteiger partial charge on any atom is -0.443 e. The second kappa shape index (κ2) is 4.77. The summed E-state index contributed by atoms with van der Waals surface area (Å²) in [6, 6.07) is 7.61. The molecule has 0 spiro atoms. The van der Waals surface area contributed by atoms with E-state index in [0.717, 1.165) is 15.7 Å². The molecule has 1 aromatic rings. The Hall–Kier alpha value is -0.870. The van der Waals surface area contributed by atoms with Crippen molar-refractivity contribution < 1.29 is 9.53 Å². The molecule has 1 aliphatic heterocycles. The molecule has 0 radical (unpaired) electrons. The molecule has 0 bridgehead atoms. The van der Waals surface area contributed by atoms with Crippen molar-refractivity contribution in [3.8, 4) is 0 Å². The van der Waals surface area contributed by atoms with Gasteiger partial charge in [-0.1, -0.05) is 11.6 Å². The average molecular weight is 244 g/mol. The largest absolute Gasteiger partial charge is 0.443 e. The van der Waals surface area contributed by atoms with Gasteiger partial charge in [0.2, 0.25) is 0 Å². The van der Waals surface area contributed by atoms with Gasteiger partial charge in [-0.15, -0.1) is 11.8 Å². The van der Waals surface area contributed by atoms with Crippen LogP contribution < -0.4 is 5.32 Å². The predicted octanol–water partition coefficient (Wildman–Crippen LogP) is 2.54. The van der Waals surface area contributed by atoms with Crippen LogP contribution >= 0.6 is 23.4 Å². The van der Waals surface area contributed by atoms with Crippen LogP contribution in [0.4, 0.5) is 4.79 Å². The van der Waals surface area contributed by atoms with E-state index in [1.807, 2.05) is 24.3 Å². The predicted molar refractivity (Wildman–Crippen MR) is 60.4 cm³/mol. The number of halogens is 1. The molecule has 0 aromatic heterocycles. The van der Waals surface area contributed by atoms with Crippen LogP contribution in [0.1, 0.15) is 0 Å². The Morgan fingerprint density at radius 3 is 2.80 bits per heavy atom. The molecule has 0 aliphatic carbocycles. The normalized spacial score (nSPS) is 19.8. The number of hydrogen-bond donors (Lipinski definition) is 1. The van der Waals surface area contributed by atoms with Gasteiger partial charge in [-0.2, -0.15) is 0 Å². The molecule has 80 valence electrons. The minimum atomic E-state index is -0.322. The number of thioether (sulfide) groups is 1. The lowest BCUT2D eigenvalue weighted by atomic mass is 10.4. The molecule has 1 atom stereocenters. The smallest absolute Gasteiger partial charge is 0.407 e. The van der Waals surface area contributed by atoms with Crippen LogP contribution in [0.2, 0.25) is 5.02 Å². The van der Waals surface area contributed by atoms with E-state index in [9.17, 15) is 4.79 Å². The summed E-state index contributed by atoms with van der Waals surface area (Å²) in [7, 11) is 0. The van der Waals surface area contributed by atoms with Gasteiger partial charge in [-0.25, -0.2) is 4.79 Å². The number of carbonyl (C=O) groups is 1. The first kappa shape index (κ1) is 10.6. The van der Waals surface area contributed by atoms with Crippen LogP contribution in [0.25, 0.3) is 0 Å². The molecule has 1 N–H and O–H groups in total. The summed E-state index contributed by atoms with van der Waals surface area (Å²) < 4.78 is 5.01. The van der Waals surface area contributed by atoms with E-state index >= 15 is 0 Å². The van der Waals surface area contributed by atoms with Crippen molar-refractivity contribution in [3.05, 3.63) is 29.3 Å². The summed E-state index contributed by atoms with van der Waals surface area (Å²) in [4.78, 5) is 11.9. The highest BCUT2D eigenvalue weighted by molar-refractivity contribution is 7.99. The second-order valence-corrected chi connectivity index (χ2v) is 4.70. The van der Waals surface area contributed by atoms with Crippen molar-refractivity contribution in [2.24, 2.45) is 0 Å². The fourth-order valence-electron chi connectivity index (χ4n) is 1.24. The molecule has 5 heteroatoms. The molecule has 1 fully saturated rings. The van der Waals surface area contributed by atoms with Gasteiger partial charge in [0, 0.05) is 15.7 Å². The number of hydrogen-bond acceptors (Lipinski definition) is 3. The van der Waals surface area contributed by atoms with Crippen molar-refractivity contribution in [1.82, 2.24) is 5.32 Å².